The van der Waals surface area contributed by atoms with Crippen LogP contribution in [-0.4, -0.2) is 54.5 Å². The summed E-state index contributed by atoms with van der Waals surface area (Å²) in [5.74, 6) is -0.582. The number of nitro benzene ring substituents is 1. The summed E-state index contributed by atoms with van der Waals surface area (Å²) in [7, 11) is 0. The Bertz CT molecular complexity index is 743. The van der Waals surface area contributed by atoms with Crippen molar-refractivity contribution < 1.29 is 19.2 Å². The van der Waals surface area contributed by atoms with Crippen molar-refractivity contribution in [3.63, 3.8) is 0 Å². The van der Waals surface area contributed by atoms with E-state index in [-0.39, 0.29) is 30.1 Å². The lowest BCUT2D eigenvalue weighted by atomic mass is 9.89. The Hall–Kier alpha value is -2.35. The zero-order valence-electron chi connectivity index (χ0n) is 15.6. The largest absolute Gasteiger partial charge is 0.455 e. The van der Waals surface area contributed by atoms with Crippen LogP contribution in [0.3, 0.4) is 0 Å². The fourth-order valence-corrected chi connectivity index (χ4v) is 3.95. The summed E-state index contributed by atoms with van der Waals surface area (Å²) in [5.41, 5.74) is 0.443. The molecular weight excluding hydrogens is 386 g/mol. The minimum Gasteiger partial charge on any atom is -0.455 e. The van der Waals surface area contributed by atoms with Gasteiger partial charge in [-0.3, -0.25) is 19.7 Å². The fraction of sp³-hybridized carbons (Fsp3) is 0.579. The first-order valence-corrected chi connectivity index (χ1v) is 9.97. The van der Waals surface area contributed by atoms with Gasteiger partial charge in [0.15, 0.2) is 6.61 Å². The van der Waals surface area contributed by atoms with Gasteiger partial charge < -0.3 is 14.5 Å². The molecular formula is C19H24ClN3O5. The molecule has 2 fully saturated rings. The number of hydrogen-bond donors (Lipinski definition) is 0. The van der Waals surface area contributed by atoms with E-state index in [1.165, 1.54) is 6.07 Å². The van der Waals surface area contributed by atoms with E-state index in [9.17, 15) is 19.7 Å². The van der Waals surface area contributed by atoms with Crippen molar-refractivity contribution in [2.45, 2.75) is 32.1 Å². The number of rotatable bonds is 5. The van der Waals surface area contributed by atoms with E-state index in [0.717, 1.165) is 32.1 Å². The van der Waals surface area contributed by atoms with E-state index in [0.29, 0.717) is 36.9 Å². The molecule has 1 amide bonds. The zero-order valence-corrected chi connectivity index (χ0v) is 16.4. The fourth-order valence-electron chi connectivity index (χ4n) is 3.79. The van der Waals surface area contributed by atoms with Crippen molar-refractivity contribution in [1.82, 2.24) is 4.90 Å². The van der Waals surface area contributed by atoms with Crippen LogP contribution in [-0.2, 0) is 14.3 Å². The van der Waals surface area contributed by atoms with Crippen LogP contribution in [0.25, 0.3) is 0 Å². The van der Waals surface area contributed by atoms with Crippen LogP contribution < -0.4 is 4.90 Å². The average molecular weight is 410 g/mol. The third-order valence-electron chi connectivity index (χ3n) is 5.38. The molecule has 3 rings (SSSR count). The highest BCUT2D eigenvalue weighted by atomic mass is 35.5. The maximum Gasteiger partial charge on any atom is 0.309 e. The molecule has 8 nitrogen and oxygen atoms in total. The molecule has 0 bridgehead atoms. The first kappa shape index (κ1) is 20.4. The minimum atomic E-state index is -0.455. The summed E-state index contributed by atoms with van der Waals surface area (Å²) in [5, 5.41) is 11.6. The predicted molar refractivity (Wildman–Crippen MR) is 104 cm³/mol. The van der Waals surface area contributed by atoms with Crippen molar-refractivity contribution in [2.75, 3.05) is 37.7 Å². The number of nitrogens with zero attached hydrogens (tertiary/aromatic N) is 3. The van der Waals surface area contributed by atoms with Gasteiger partial charge in [-0.25, -0.2) is 0 Å². The second-order valence-corrected chi connectivity index (χ2v) is 7.64. The summed E-state index contributed by atoms with van der Waals surface area (Å²) in [6, 6.07) is 4.58. The molecule has 1 saturated heterocycles. The van der Waals surface area contributed by atoms with Crippen LogP contribution in [0.2, 0.25) is 5.02 Å². The molecule has 1 saturated carbocycles. The Morgan fingerprint density at radius 2 is 1.82 bits per heavy atom. The van der Waals surface area contributed by atoms with Crippen LogP contribution in [0.15, 0.2) is 18.2 Å². The molecule has 0 N–H and O–H groups in total. The number of halogens is 1. The first-order valence-electron chi connectivity index (χ1n) is 9.59. The number of piperazine rings is 1. The van der Waals surface area contributed by atoms with Gasteiger partial charge in [-0.1, -0.05) is 30.9 Å². The lowest BCUT2D eigenvalue weighted by Gasteiger charge is -2.35. The molecule has 0 unspecified atom stereocenters. The number of carbonyl (C=O) groups excluding carboxylic acids is 2. The molecule has 0 aromatic heterocycles. The van der Waals surface area contributed by atoms with Crippen molar-refractivity contribution in [2.24, 2.45) is 5.92 Å². The van der Waals surface area contributed by atoms with Crippen molar-refractivity contribution >= 4 is 34.9 Å². The Morgan fingerprint density at radius 1 is 1.14 bits per heavy atom. The number of esters is 1. The highest BCUT2D eigenvalue weighted by Gasteiger charge is 2.28. The summed E-state index contributed by atoms with van der Waals surface area (Å²) < 4.78 is 5.22. The highest BCUT2D eigenvalue weighted by Crippen LogP contribution is 2.31. The Kier molecular flexibility index (Phi) is 6.72. The monoisotopic (exact) mass is 409 g/mol. The lowest BCUT2D eigenvalue weighted by molar-refractivity contribution is -0.384. The van der Waals surface area contributed by atoms with E-state index >= 15 is 0 Å². The van der Waals surface area contributed by atoms with Gasteiger partial charge in [0.05, 0.1) is 10.8 Å². The number of amides is 1. The molecule has 9 heteroatoms. The molecule has 1 aliphatic heterocycles. The molecule has 1 heterocycles. The van der Waals surface area contributed by atoms with Gasteiger partial charge in [-0.2, -0.15) is 0 Å². The van der Waals surface area contributed by atoms with E-state index < -0.39 is 4.92 Å². The van der Waals surface area contributed by atoms with Gasteiger partial charge in [-0.15, -0.1) is 0 Å². The van der Waals surface area contributed by atoms with Crippen LogP contribution in [0.1, 0.15) is 32.1 Å². The molecule has 152 valence electrons. The summed E-state index contributed by atoms with van der Waals surface area (Å²) in [4.78, 5) is 38.7. The topological polar surface area (TPSA) is 93.0 Å². The van der Waals surface area contributed by atoms with Crippen molar-refractivity contribution in [3.05, 3.63) is 33.3 Å². The maximum atomic E-state index is 12.4. The molecule has 1 aromatic rings. The standard InChI is InChI=1S/C19H24ClN3O5/c20-15-6-7-16(17(12-15)23(26)27)21-8-10-22(11-9-21)18(24)13-28-19(25)14-4-2-1-3-5-14/h6-7,12,14H,1-5,8-11,13H2. The summed E-state index contributed by atoms with van der Waals surface area (Å²) >= 11 is 5.86. The smallest absolute Gasteiger partial charge is 0.309 e. The minimum absolute atomic E-state index is 0.0475. The second-order valence-electron chi connectivity index (χ2n) is 7.20. The van der Waals surface area contributed by atoms with Gasteiger partial charge in [0, 0.05) is 37.3 Å². The van der Waals surface area contributed by atoms with Crippen LogP contribution >= 0.6 is 11.6 Å². The molecule has 1 aromatic carbocycles. The Morgan fingerprint density at radius 3 is 2.46 bits per heavy atom. The zero-order chi connectivity index (χ0) is 20.1. The third-order valence-corrected chi connectivity index (χ3v) is 5.62. The second kappa shape index (κ2) is 9.23. The molecule has 0 spiro atoms. The van der Waals surface area contributed by atoms with Gasteiger partial charge in [0.2, 0.25) is 0 Å². The van der Waals surface area contributed by atoms with Gasteiger partial charge >= 0.3 is 5.97 Å². The molecule has 0 atom stereocenters. The number of carbonyl (C=O) groups is 2. The van der Waals surface area contributed by atoms with E-state index in [1.54, 1.807) is 17.0 Å². The molecule has 1 aliphatic carbocycles. The molecule has 2 aliphatic rings. The lowest BCUT2D eigenvalue weighted by Crippen LogP contribution is -2.50. The molecule has 0 radical (unpaired) electrons. The van der Waals surface area contributed by atoms with Crippen molar-refractivity contribution in [1.29, 1.82) is 0 Å². The predicted octanol–water partition coefficient (Wildman–Crippen LogP) is 3.02. The SMILES string of the molecule is O=C(OCC(=O)N1CCN(c2ccc(Cl)cc2[N+](=O)[O-])CC1)C1CCCCC1. The number of ether oxygens (including phenoxy) is 1. The third kappa shape index (κ3) is 4.92. The van der Waals surface area contributed by atoms with E-state index in [4.69, 9.17) is 16.3 Å². The summed E-state index contributed by atoms with van der Waals surface area (Å²) in [6.45, 7) is 1.52. The number of hydrogen-bond acceptors (Lipinski definition) is 6. The van der Waals surface area contributed by atoms with Crippen LogP contribution in [0.5, 0.6) is 0 Å². The quantitative estimate of drug-likeness (QED) is 0.421. The van der Waals surface area contributed by atoms with Gasteiger partial charge in [0.1, 0.15) is 5.69 Å². The van der Waals surface area contributed by atoms with Crippen LogP contribution in [0.4, 0.5) is 11.4 Å². The normalized spacial score (nSPS) is 18.0. The number of anilines is 1. The first-order chi connectivity index (χ1) is 13.5. The van der Waals surface area contributed by atoms with E-state index in [2.05, 4.69) is 0 Å². The van der Waals surface area contributed by atoms with E-state index in [1.807, 2.05) is 4.90 Å². The van der Waals surface area contributed by atoms with Gasteiger partial charge in [-0.05, 0) is 25.0 Å². The number of nitro groups is 1. The van der Waals surface area contributed by atoms with Crippen molar-refractivity contribution in [3.8, 4) is 0 Å². The molecule has 28 heavy (non-hydrogen) atoms. The average Bonchev–Trinajstić information content (AvgIpc) is 2.72. The maximum absolute atomic E-state index is 12.4. The van der Waals surface area contributed by atoms with Crippen LogP contribution in [0, 0.1) is 16.0 Å². The highest BCUT2D eigenvalue weighted by molar-refractivity contribution is 6.30. The van der Waals surface area contributed by atoms with Gasteiger partial charge in [0.25, 0.3) is 11.6 Å². The number of benzene rings is 1. The summed E-state index contributed by atoms with van der Waals surface area (Å²) in [6.07, 6.45) is 4.90. The Labute approximate surface area is 168 Å². The Balaban J connectivity index is 1.50.